The molecule has 0 aliphatic heterocycles. The number of carboxylic acid groups (broad SMARTS) is 1. The van der Waals surface area contributed by atoms with Crippen LogP contribution >= 0.6 is 0 Å². The third-order valence-electron chi connectivity index (χ3n) is 5.93. The molecule has 0 fully saturated rings. The number of fused-ring (bicyclic) bond motifs is 3. The number of nitrogens with one attached hydrogen (secondary N) is 3. The third-order valence-corrected chi connectivity index (χ3v) is 5.93. The number of rotatable bonds is 9. The summed E-state index contributed by atoms with van der Waals surface area (Å²) in [5.41, 5.74) is 4.67. The lowest BCUT2D eigenvalue weighted by atomic mass is 9.98. The minimum atomic E-state index is -0.913. The van der Waals surface area contributed by atoms with Gasteiger partial charge in [0, 0.05) is 24.4 Å². The topological polar surface area (TPSA) is 133 Å². The summed E-state index contributed by atoms with van der Waals surface area (Å²) in [4.78, 5) is 35.6. The molecule has 2 aromatic carbocycles. The number of hydrogen-bond donors (Lipinski definition) is 4. The zero-order valence-electron chi connectivity index (χ0n) is 18.7. The van der Waals surface area contributed by atoms with Crippen LogP contribution in [0.1, 0.15) is 53.7 Å². The van der Waals surface area contributed by atoms with E-state index in [1.54, 1.807) is 0 Å². The summed E-state index contributed by atoms with van der Waals surface area (Å²) in [6.45, 7) is 2.03. The number of carboxylic acids is 1. The predicted octanol–water partition coefficient (Wildman–Crippen LogP) is 4.14. The van der Waals surface area contributed by atoms with Gasteiger partial charge in [-0.15, -0.1) is 0 Å². The molecule has 0 saturated heterocycles. The molecule has 0 spiro atoms. The first-order valence-electron chi connectivity index (χ1n) is 11.2. The first-order chi connectivity index (χ1) is 16.5. The van der Waals surface area contributed by atoms with Gasteiger partial charge in [-0.3, -0.25) is 20.0 Å². The number of hydrogen-bond acceptors (Lipinski definition) is 5. The van der Waals surface area contributed by atoms with E-state index < -0.39 is 18.0 Å². The van der Waals surface area contributed by atoms with Crippen molar-refractivity contribution in [1.29, 1.82) is 0 Å². The lowest BCUT2D eigenvalue weighted by Gasteiger charge is -2.15. The Morgan fingerprint density at radius 2 is 1.74 bits per heavy atom. The molecule has 2 amide bonds. The van der Waals surface area contributed by atoms with E-state index in [9.17, 15) is 14.4 Å². The zero-order chi connectivity index (χ0) is 24.1. The maximum Gasteiger partial charge on any atom is 0.412 e. The highest BCUT2D eigenvalue weighted by Gasteiger charge is 2.29. The SMILES string of the molecule is CCC(CCC(=O)O)NC(=O)c1cc(NC(=O)OCC2c3ccccc3-c3ccccc32)n[nH]1. The molecule has 176 valence electrons. The normalized spacial score (nSPS) is 13.0. The van der Waals surface area contributed by atoms with Crippen molar-refractivity contribution >= 4 is 23.8 Å². The van der Waals surface area contributed by atoms with Gasteiger partial charge >= 0.3 is 12.1 Å². The quantitative estimate of drug-likeness (QED) is 0.378. The molecule has 1 aromatic heterocycles. The van der Waals surface area contributed by atoms with Crippen LogP contribution < -0.4 is 10.6 Å². The first kappa shape index (κ1) is 23.0. The minimum absolute atomic E-state index is 0.0314. The summed E-state index contributed by atoms with van der Waals surface area (Å²) < 4.78 is 5.49. The molecule has 1 heterocycles. The van der Waals surface area contributed by atoms with Gasteiger partial charge < -0.3 is 15.2 Å². The van der Waals surface area contributed by atoms with E-state index in [1.807, 2.05) is 43.3 Å². The zero-order valence-corrected chi connectivity index (χ0v) is 18.7. The van der Waals surface area contributed by atoms with Crippen molar-refractivity contribution in [3.63, 3.8) is 0 Å². The summed E-state index contributed by atoms with van der Waals surface area (Å²) in [6.07, 6.45) is 0.221. The molecular formula is C25H26N4O5. The molecule has 4 rings (SSSR count). The molecule has 0 saturated carbocycles. The summed E-state index contributed by atoms with van der Waals surface area (Å²) in [5.74, 6) is -1.24. The van der Waals surface area contributed by atoms with E-state index in [-0.39, 0.29) is 36.5 Å². The van der Waals surface area contributed by atoms with Crippen molar-refractivity contribution in [2.75, 3.05) is 11.9 Å². The van der Waals surface area contributed by atoms with Crippen LogP contribution in [-0.4, -0.2) is 45.9 Å². The maximum absolute atomic E-state index is 12.4. The molecule has 34 heavy (non-hydrogen) atoms. The van der Waals surface area contributed by atoms with Gasteiger partial charge in [-0.1, -0.05) is 55.5 Å². The Morgan fingerprint density at radius 1 is 1.09 bits per heavy atom. The highest BCUT2D eigenvalue weighted by Crippen LogP contribution is 2.44. The Kier molecular flexibility index (Phi) is 6.91. The van der Waals surface area contributed by atoms with Crippen molar-refractivity contribution in [3.8, 4) is 11.1 Å². The maximum atomic E-state index is 12.4. The molecular weight excluding hydrogens is 436 g/mol. The van der Waals surface area contributed by atoms with Gasteiger partial charge in [-0.2, -0.15) is 5.10 Å². The number of aromatic nitrogens is 2. The molecule has 1 aliphatic rings. The number of carbonyl (C=O) groups excluding carboxylic acids is 2. The van der Waals surface area contributed by atoms with E-state index in [1.165, 1.54) is 6.07 Å². The number of nitrogens with zero attached hydrogens (tertiary/aromatic N) is 1. The number of carbonyl (C=O) groups is 3. The Morgan fingerprint density at radius 3 is 2.35 bits per heavy atom. The number of anilines is 1. The van der Waals surface area contributed by atoms with Gasteiger partial charge in [0.2, 0.25) is 0 Å². The lowest BCUT2D eigenvalue weighted by Crippen LogP contribution is -2.35. The number of aliphatic carboxylic acids is 1. The second-order valence-corrected chi connectivity index (χ2v) is 8.13. The predicted molar refractivity (Wildman–Crippen MR) is 126 cm³/mol. The molecule has 0 bridgehead atoms. The van der Waals surface area contributed by atoms with Crippen LogP contribution in [0.25, 0.3) is 11.1 Å². The van der Waals surface area contributed by atoms with E-state index in [0.717, 1.165) is 22.3 Å². The van der Waals surface area contributed by atoms with E-state index in [0.29, 0.717) is 12.8 Å². The van der Waals surface area contributed by atoms with Gasteiger partial charge in [0.25, 0.3) is 5.91 Å². The fourth-order valence-electron chi connectivity index (χ4n) is 4.18. The van der Waals surface area contributed by atoms with E-state index in [2.05, 4.69) is 33.0 Å². The van der Waals surface area contributed by atoms with E-state index >= 15 is 0 Å². The van der Waals surface area contributed by atoms with Crippen LogP contribution in [0.2, 0.25) is 0 Å². The van der Waals surface area contributed by atoms with Crippen LogP contribution in [0.4, 0.5) is 10.6 Å². The van der Waals surface area contributed by atoms with Gasteiger partial charge in [0.15, 0.2) is 5.82 Å². The summed E-state index contributed by atoms with van der Waals surface area (Å²) in [7, 11) is 0. The molecule has 9 nitrogen and oxygen atoms in total. The Balaban J connectivity index is 1.33. The summed E-state index contributed by atoms with van der Waals surface area (Å²) in [6, 6.07) is 17.3. The fourth-order valence-corrected chi connectivity index (χ4v) is 4.18. The molecule has 1 unspecified atom stereocenters. The van der Waals surface area contributed by atoms with Crippen molar-refractivity contribution in [3.05, 3.63) is 71.4 Å². The van der Waals surface area contributed by atoms with Crippen molar-refractivity contribution in [2.45, 2.75) is 38.1 Å². The minimum Gasteiger partial charge on any atom is -0.481 e. The number of ether oxygens (including phenoxy) is 1. The molecule has 1 aliphatic carbocycles. The fraction of sp³-hybridized carbons (Fsp3) is 0.280. The smallest absolute Gasteiger partial charge is 0.412 e. The monoisotopic (exact) mass is 462 g/mol. The summed E-state index contributed by atoms with van der Waals surface area (Å²) >= 11 is 0. The van der Waals surface area contributed by atoms with Crippen LogP contribution in [0.5, 0.6) is 0 Å². The highest BCUT2D eigenvalue weighted by molar-refractivity contribution is 5.94. The summed E-state index contributed by atoms with van der Waals surface area (Å²) in [5, 5.41) is 20.7. The van der Waals surface area contributed by atoms with Crippen molar-refractivity contribution < 1.29 is 24.2 Å². The molecule has 3 aromatic rings. The standard InChI is InChI=1S/C25H26N4O5/c1-2-15(11-12-23(30)31)26-24(32)21-13-22(29-28-21)27-25(33)34-14-20-18-9-5-3-7-16(18)17-8-4-6-10-19(17)20/h3-10,13,15,20H,2,11-12,14H2,1H3,(H,26,32)(H,30,31)(H2,27,28,29,33). The van der Waals surface area contributed by atoms with Gasteiger partial charge in [0.1, 0.15) is 12.3 Å². The largest absolute Gasteiger partial charge is 0.481 e. The van der Waals surface area contributed by atoms with Crippen LogP contribution in [0, 0.1) is 0 Å². The Bertz CT molecular complexity index is 1160. The highest BCUT2D eigenvalue weighted by atomic mass is 16.5. The van der Waals surface area contributed by atoms with Crippen molar-refractivity contribution in [1.82, 2.24) is 15.5 Å². The van der Waals surface area contributed by atoms with Gasteiger partial charge in [-0.05, 0) is 35.1 Å². The average Bonchev–Trinajstić information content (AvgIpc) is 3.43. The Labute approximate surface area is 196 Å². The second kappa shape index (κ2) is 10.2. The van der Waals surface area contributed by atoms with Gasteiger partial charge in [0.05, 0.1) is 0 Å². The molecule has 1 atom stereocenters. The van der Waals surface area contributed by atoms with Gasteiger partial charge in [-0.25, -0.2) is 4.79 Å². The molecule has 9 heteroatoms. The van der Waals surface area contributed by atoms with Crippen LogP contribution in [0.15, 0.2) is 54.6 Å². The number of aromatic amines is 1. The lowest BCUT2D eigenvalue weighted by molar-refractivity contribution is -0.137. The van der Waals surface area contributed by atoms with Crippen LogP contribution in [-0.2, 0) is 9.53 Å². The molecule has 0 radical (unpaired) electrons. The molecule has 4 N–H and O–H groups in total. The van der Waals surface area contributed by atoms with Crippen molar-refractivity contribution in [2.24, 2.45) is 0 Å². The average molecular weight is 463 g/mol. The van der Waals surface area contributed by atoms with E-state index in [4.69, 9.17) is 9.84 Å². The first-order valence-corrected chi connectivity index (χ1v) is 11.2. The number of H-pyrrole nitrogens is 1. The third kappa shape index (κ3) is 5.09. The number of benzene rings is 2. The van der Waals surface area contributed by atoms with Crippen LogP contribution in [0.3, 0.4) is 0 Å². The Hall–Kier alpha value is -4.14. The number of amides is 2. The second-order valence-electron chi connectivity index (χ2n) is 8.13.